The van der Waals surface area contributed by atoms with Crippen LogP contribution in [-0.2, 0) is 0 Å². The molecular weight excluding hydrogens is 218 g/mol. The summed E-state index contributed by atoms with van der Waals surface area (Å²) in [6, 6.07) is 4.47. The highest BCUT2D eigenvalue weighted by molar-refractivity contribution is 9.10. The predicted octanol–water partition coefficient (Wildman–Crippen LogP) is 2.15. The van der Waals surface area contributed by atoms with Crippen LogP contribution in [0.2, 0.25) is 0 Å². The van der Waals surface area contributed by atoms with Crippen LogP contribution in [0.1, 0.15) is 19.3 Å². The molecule has 0 bridgehead atoms. The zero-order chi connectivity index (χ0) is 8.39. The van der Waals surface area contributed by atoms with Crippen LogP contribution in [0.25, 0.3) is 0 Å². The first-order chi connectivity index (χ1) is 5.88. The molecule has 1 saturated carbocycles. The van der Waals surface area contributed by atoms with Gasteiger partial charge in [0, 0.05) is 12.2 Å². The van der Waals surface area contributed by atoms with E-state index in [0.29, 0.717) is 6.04 Å². The van der Waals surface area contributed by atoms with Crippen molar-refractivity contribution in [1.29, 1.82) is 0 Å². The van der Waals surface area contributed by atoms with Gasteiger partial charge in [0.1, 0.15) is 0 Å². The van der Waals surface area contributed by atoms with Gasteiger partial charge in [-0.15, -0.1) is 5.10 Å². The van der Waals surface area contributed by atoms with Gasteiger partial charge in [-0.3, -0.25) is 3.93 Å². The second-order valence-electron chi connectivity index (χ2n) is 2.98. The monoisotopic (exact) mass is 227 g/mol. The van der Waals surface area contributed by atoms with Crippen LogP contribution in [0.5, 0.6) is 0 Å². The summed E-state index contributed by atoms with van der Waals surface area (Å²) in [5.41, 5.74) is 0. The summed E-state index contributed by atoms with van der Waals surface area (Å²) in [5.74, 6) is 0.905. The zero-order valence-corrected chi connectivity index (χ0v) is 8.24. The maximum absolute atomic E-state index is 4.01. The third kappa shape index (κ3) is 1.43. The number of hydrogen-bond acceptors (Lipinski definition) is 3. The number of halogens is 1. The van der Waals surface area contributed by atoms with Gasteiger partial charge in [-0.25, -0.2) is 0 Å². The Labute approximate surface area is 80.1 Å². The van der Waals surface area contributed by atoms with Crippen LogP contribution in [0.3, 0.4) is 0 Å². The topological polar surface area (TPSA) is 29.0 Å². The smallest absolute Gasteiger partial charge is 0.161 e. The maximum atomic E-state index is 4.01. The Morgan fingerprint density at radius 3 is 2.83 bits per heavy atom. The molecule has 0 radical (unpaired) electrons. The summed E-state index contributed by atoms with van der Waals surface area (Å²) in [7, 11) is 0. The standard InChI is InChI=1S/C8H10BrN3/c9-12(7-3-1-4-7)8-5-2-6-10-11-8/h2,5-7H,1,3-4H2. The Hall–Kier alpha value is -0.640. The van der Waals surface area contributed by atoms with Gasteiger partial charge in [0.2, 0.25) is 0 Å². The lowest BCUT2D eigenvalue weighted by molar-refractivity contribution is 0.425. The largest absolute Gasteiger partial charge is 0.289 e. The van der Waals surface area contributed by atoms with Crippen molar-refractivity contribution in [2.75, 3.05) is 3.93 Å². The third-order valence-corrected chi connectivity index (χ3v) is 3.11. The normalized spacial score (nSPS) is 17.1. The molecule has 3 nitrogen and oxygen atoms in total. The Bertz CT molecular complexity index is 248. The summed E-state index contributed by atoms with van der Waals surface area (Å²) >= 11 is 3.49. The summed E-state index contributed by atoms with van der Waals surface area (Å²) in [4.78, 5) is 0. The molecule has 1 fully saturated rings. The molecule has 4 heteroatoms. The van der Waals surface area contributed by atoms with Crippen molar-refractivity contribution in [3.8, 4) is 0 Å². The van der Waals surface area contributed by atoms with Gasteiger partial charge in [0.15, 0.2) is 5.82 Å². The molecule has 0 N–H and O–H groups in total. The number of anilines is 1. The van der Waals surface area contributed by atoms with Crippen LogP contribution in [0, 0.1) is 0 Å². The van der Waals surface area contributed by atoms with Crippen molar-refractivity contribution in [2.45, 2.75) is 25.3 Å². The minimum absolute atomic E-state index is 0.613. The average molecular weight is 228 g/mol. The molecule has 0 spiro atoms. The average Bonchev–Trinajstić information content (AvgIpc) is 2.03. The van der Waals surface area contributed by atoms with E-state index in [1.54, 1.807) is 6.20 Å². The zero-order valence-electron chi connectivity index (χ0n) is 6.65. The van der Waals surface area contributed by atoms with Gasteiger partial charge in [-0.2, -0.15) is 5.10 Å². The quantitative estimate of drug-likeness (QED) is 0.726. The number of rotatable bonds is 2. The van der Waals surface area contributed by atoms with E-state index in [4.69, 9.17) is 0 Å². The molecule has 2 rings (SSSR count). The first kappa shape index (κ1) is 7.98. The van der Waals surface area contributed by atoms with E-state index in [-0.39, 0.29) is 0 Å². The van der Waals surface area contributed by atoms with Crippen molar-refractivity contribution >= 4 is 22.0 Å². The number of aromatic nitrogens is 2. The van der Waals surface area contributed by atoms with E-state index in [1.165, 1.54) is 19.3 Å². The highest BCUT2D eigenvalue weighted by Crippen LogP contribution is 2.30. The van der Waals surface area contributed by atoms with Crippen LogP contribution >= 0.6 is 16.1 Å². The number of hydrogen-bond donors (Lipinski definition) is 0. The molecule has 0 unspecified atom stereocenters. The van der Waals surface area contributed by atoms with Gasteiger partial charge < -0.3 is 0 Å². The van der Waals surface area contributed by atoms with E-state index < -0.39 is 0 Å². The Balaban J connectivity index is 2.08. The fourth-order valence-electron chi connectivity index (χ4n) is 1.21. The second kappa shape index (κ2) is 3.39. The lowest BCUT2D eigenvalue weighted by atomic mass is 9.93. The van der Waals surface area contributed by atoms with Crippen LogP contribution in [0.4, 0.5) is 5.82 Å². The molecule has 1 aromatic heterocycles. The molecule has 0 amide bonds. The molecule has 1 heterocycles. The predicted molar refractivity (Wildman–Crippen MR) is 51.1 cm³/mol. The highest BCUT2D eigenvalue weighted by Gasteiger charge is 2.24. The second-order valence-corrected chi connectivity index (χ2v) is 3.74. The molecule has 0 aromatic carbocycles. The molecule has 1 aliphatic rings. The molecular formula is C8H10BrN3. The van der Waals surface area contributed by atoms with Crippen molar-refractivity contribution in [1.82, 2.24) is 10.2 Å². The third-order valence-electron chi connectivity index (χ3n) is 2.17. The molecule has 0 atom stereocenters. The molecule has 0 saturated heterocycles. The van der Waals surface area contributed by atoms with Gasteiger partial charge in [0.05, 0.1) is 16.1 Å². The van der Waals surface area contributed by atoms with E-state index in [2.05, 4.69) is 26.3 Å². The Morgan fingerprint density at radius 2 is 2.33 bits per heavy atom. The molecule has 64 valence electrons. The summed E-state index contributed by atoms with van der Waals surface area (Å²) in [6.07, 6.45) is 5.52. The Morgan fingerprint density at radius 1 is 1.50 bits per heavy atom. The van der Waals surface area contributed by atoms with Gasteiger partial charge in [-0.05, 0) is 31.4 Å². The van der Waals surface area contributed by atoms with E-state index >= 15 is 0 Å². The van der Waals surface area contributed by atoms with E-state index in [0.717, 1.165) is 5.82 Å². The van der Waals surface area contributed by atoms with Crippen molar-refractivity contribution < 1.29 is 0 Å². The lowest BCUT2D eigenvalue weighted by Gasteiger charge is -2.32. The molecule has 1 aromatic rings. The number of nitrogens with zero attached hydrogens (tertiary/aromatic N) is 3. The molecule has 0 aliphatic heterocycles. The van der Waals surface area contributed by atoms with Crippen molar-refractivity contribution in [3.63, 3.8) is 0 Å². The van der Waals surface area contributed by atoms with Crippen LogP contribution in [-0.4, -0.2) is 16.2 Å². The summed E-state index contributed by atoms with van der Waals surface area (Å²) in [6.45, 7) is 0. The minimum atomic E-state index is 0.613. The van der Waals surface area contributed by atoms with E-state index in [9.17, 15) is 0 Å². The van der Waals surface area contributed by atoms with Crippen molar-refractivity contribution in [3.05, 3.63) is 18.3 Å². The summed E-state index contributed by atoms with van der Waals surface area (Å²) < 4.78 is 2.03. The van der Waals surface area contributed by atoms with Crippen LogP contribution < -0.4 is 3.93 Å². The summed E-state index contributed by atoms with van der Waals surface area (Å²) in [5, 5.41) is 7.84. The highest BCUT2D eigenvalue weighted by atomic mass is 79.9. The molecule has 1 aliphatic carbocycles. The maximum Gasteiger partial charge on any atom is 0.161 e. The fourth-order valence-corrected chi connectivity index (χ4v) is 1.81. The minimum Gasteiger partial charge on any atom is -0.289 e. The SMILES string of the molecule is BrN(c1cccnn1)C1CCC1. The van der Waals surface area contributed by atoms with Crippen molar-refractivity contribution in [2.24, 2.45) is 0 Å². The van der Waals surface area contributed by atoms with Gasteiger partial charge in [0.25, 0.3) is 0 Å². The fraction of sp³-hybridized carbons (Fsp3) is 0.500. The van der Waals surface area contributed by atoms with Crippen LogP contribution in [0.15, 0.2) is 18.3 Å². The molecule has 12 heavy (non-hydrogen) atoms. The van der Waals surface area contributed by atoms with E-state index in [1.807, 2.05) is 16.1 Å². The van der Waals surface area contributed by atoms with Gasteiger partial charge >= 0.3 is 0 Å². The Kier molecular flexibility index (Phi) is 2.26. The first-order valence-corrected chi connectivity index (χ1v) is 4.81. The first-order valence-electron chi connectivity index (χ1n) is 4.10. The lowest BCUT2D eigenvalue weighted by Crippen LogP contribution is -2.33. The van der Waals surface area contributed by atoms with Gasteiger partial charge in [-0.1, -0.05) is 0 Å².